The van der Waals surface area contributed by atoms with Crippen molar-refractivity contribution in [3.05, 3.63) is 47.5 Å². The lowest BCUT2D eigenvalue weighted by molar-refractivity contribution is -0.118. The molecular weight excluding hydrogens is 404 g/mol. The highest BCUT2D eigenvalue weighted by Crippen LogP contribution is 2.36. The molecule has 0 spiro atoms. The van der Waals surface area contributed by atoms with Gasteiger partial charge in [0, 0.05) is 18.0 Å². The van der Waals surface area contributed by atoms with E-state index in [4.69, 9.17) is 23.9 Å². The lowest BCUT2D eigenvalue weighted by Crippen LogP contribution is -2.24. The van der Waals surface area contributed by atoms with Crippen molar-refractivity contribution in [2.75, 3.05) is 25.8 Å². The number of aromatic nitrogens is 1. The van der Waals surface area contributed by atoms with Crippen molar-refractivity contribution >= 4 is 28.6 Å². The molecule has 5 rings (SSSR count). The summed E-state index contributed by atoms with van der Waals surface area (Å²) in [5, 5.41) is 4.76. The molecule has 1 N–H and O–H groups in total. The Morgan fingerprint density at radius 1 is 1.00 bits per heavy atom. The summed E-state index contributed by atoms with van der Waals surface area (Å²) in [4.78, 5) is 17.1. The number of carbonyl (C=O) groups is 1. The van der Waals surface area contributed by atoms with Crippen molar-refractivity contribution in [3.63, 3.8) is 0 Å². The van der Waals surface area contributed by atoms with E-state index in [9.17, 15) is 4.79 Å². The summed E-state index contributed by atoms with van der Waals surface area (Å²) in [5.74, 6) is 3.14. The standard InChI is InChI=1S/C22H20N2O5S/c1-13-6-15-8-19-20(27-5-4-26-19)9-16(15)24-22(13)30-11-21(25)23-10-14-2-3-17-18(7-14)29-12-28-17/h2-3,6-9H,4-5,10-12H2,1H3,(H,23,25). The highest BCUT2D eigenvalue weighted by Gasteiger charge is 2.16. The van der Waals surface area contributed by atoms with E-state index in [2.05, 4.69) is 11.4 Å². The lowest BCUT2D eigenvalue weighted by atomic mass is 10.1. The van der Waals surface area contributed by atoms with Gasteiger partial charge in [0.1, 0.15) is 18.2 Å². The monoisotopic (exact) mass is 424 g/mol. The molecule has 0 radical (unpaired) electrons. The summed E-state index contributed by atoms with van der Waals surface area (Å²) in [6.07, 6.45) is 0. The van der Waals surface area contributed by atoms with Crippen molar-refractivity contribution in [1.29, 1.82) is 0 Å². The van der Waals surface area contributed by atoms with E-state index in [1.165, 1.54) is 11.8 Å². The van der Waals surface area contributed by atoms with Gasteiger partial charge in [-0.25, -0.2) is 4.98 Å². The Hall–Kier alpha value is -3.13. The Bertz CT molecular complexity index is 1130. The van der Waals surface area contributed by atoms with Crippen LogP contribution < -0.4 is 24.3 Å². The van der Waals surface area contributed by atoms with Gasteiger partial charge in [-0.1, -0.05) is 17.8 Å². The van der Waals surface area contributed by atoms with Crippen LogP contribution in [0.15, 0.2) is 41.4 Å². The first-order valence-electron chi connectivity index (χ1n) is 9.65. The molecule has 2 aliphatic rings. The normalized spacial score (nSPS) is 14.0. The number of carbonyl (C=O) groups excluding carboxylic acids is 1. The number of hydrogen-bond acceptors (Lipinski definition) is 7. The van der Waals surface area contributed by atoms with E-state index in [1.54, 1.807) is 0 Å². The van der Waals surface area contributed by atoms with Gasteiger partial charge in [0.15, 0.2) is 23.0 Å². The molecule has 154 valence electrons. The van der Waals surface area contributed by atoms with Crippen LogP contribution in [0, 0.1) is 6.92 Å². The van der Waals surface area contributed by atoms with Crippen molar-refractivity contribution in [1.82, 2.24) is 10.3 Å². The molecule has 7 nitrogen and oxygen atoms in total. The second kappa shape index (κ2) is 7.95. The predicted molar refractivity (Wildman–Crippen MR) is 113 cm³/mol. The number of ether oxygens (including phenoxy) is 4. The van der Waals surface area contributed by atoms with E-state index < -0.39 is 0 Å². The largest absolute Gasteiger partial charge is 0.486 e. The highest BCUT2D eigenvalue weighted by atomic mass is 32.2. The number of fused-ring (bicyclic) bond motifs is 3. The summed E-state index contributed by atoms with van der Waals surface area (Å²) >= 11 is 1.42. The fourth-order valence-electron chi connectivity index (χ4n) is 3.38. The van der Waals surface area contributed by atoms with Crippen molar-refractivity contribution in [3.8, 4) is 23.0 Å². The molecule has 3 heterocycles. The van der Waals surface area contributed by atoms with Crippen LogP contribution in [0.25, 0.3) is 10.9 Å². The summed E-state index contributed by atoms with van der Waals surface area (Å²) in [5.41, 5.74) is 2.81. The van der Waals surface area contributed by atoms with Crippen molar-refractivity contribution in [2.45, 2.75) is 18.5 Å². The van der Waals surface area contributed by atoms with Gasteiger partial charge in [-0.05, 0) is 42.3 Å². The number of nitrogens with zero attached hydrogens (tertiary/aromatic N) is 1. The maximum atomic E-state index is 12.3. The Morgan fingerprint density at radius 3 is 2.63 bits per heavy atom. The molecule has 2 aromatic carbocycles. The van der Waals surface area contributed by atoms with Gasteiger partial charge < -0.3 is 24.3 Å². The summed E-state index contributed by atoms with van der Waals surface area (Å²) in [6, 6.07) is 11.6. The smallest absolute Gasteiger partial charge is 0.231 e. The third-order valence-electron chi connectivity index (χ3n) is 4.89. The van der Waals surface area contributed by atoms with Crippen LogP contribution >= 0.6 is 11.8 Å². The number of rotatable bonds is 5. The first kappa shape index (κ1) is 18.9. The third kappa shape index (κ3) is 3.82. The number of amides is 1. The van der Waals surface area contributed by atoms with Gasteiger partial charge in [-0.3, -0.25) is 4.79 Å². The Labute approximate surface area is 177 Å². The Balaban J connectivity index is 1.23. The Morgan fingerprint density at radius 2 is 1.77 bits per heavy atom. The van der Waals surface area contributed by atoms with Crippen molar-refractivity contribution in [2.24, 2.45) is 0 Å². The fraction of sp³-hybridized carbons (Fsp3) is 0.273. The zero-order valence-electron chi connectivity index (χ0n) is 16.4. The molecule has 1 aromatic heterocycles. The SMILES string of the molecule is Cc1cc2cc3c(cc2nc1SCC(=O)NCc1ccc2c(c1)OCO2)OCCO3. The second-order valence-corrected chi connectivity index (χ2v) is 8.02. The number of nitrogens with one attached hydrogen (secondary N) is 1. The quantitative estimate of drug-likeness (QED) is 0.629. The second-order valence-electron chi connectivity index (χ2n) is 7.05. The lowest BCUT2D eigenvalue weighted by Gasteiger charge is -2.19. The first-order valence-corrected chi connectivity index (χ1v) is 10.6. The summed E-state index contributed by atoms with van der Waals surface area (Å²) < 4.78 is 22.0. The molecule has 0 saturated carbocycles. The van der Waals surface area contributed by atoms with Crippen LogP contribution in [0.3, 0.4) is 0 Å². The molecule has 8 heteroatoms. The molecule has 0 atom stereocenters. The minimum absolute atomic E-state index is 0.0545. The van der Waals surface area contributed by atoms with Gasteiger partial charge >= 0.3 is 0 Å². The molecular formula is C22H20N2O5S. The van der Waals surface area contributed by atoms with Crippen LogP contribution in [0.2, 0.25) is 0 Å². The minimum Gasteiger partial charge on any atom is -0.486 e. The van der Waals surface area contributed by atoms with Gasteiger partial charge in [0.05, 0.1) is 11.3 Å². The molecule has 1 amide bonds. The molecule has 2 aliphatic heterocycles. The zero-order chi connectivity index (χ0) is 20.5. The van der Waals surface area contributed by atoms with Crippen LogP contribution in [-0.4, -0.2) is 36.7 Å². The number of thioether (sulfide) groups is 1. The van der Waals surface area contributed by atoms with E-state index in [-0.39, 0.29) is 18.5 Å². The molecule has 3 aromatic rings. The molecule has 0 aliphatic carbocycles. The Kier molecular flexibility index (Phi) is 5.00. The zero-order valence-corrected chi connectivity index (χ0v) is 17.2. The van der Waals surface area contributed by atoms with E-state index >= 15 is 0 Å². The number of benzene rings is 2. The number of hydrogen-bond donors (Lipinski definition) is 1. The van der Waals surface area contributed by atoms with Crippen LogP contribution in [0.4, 0.5) is 0 Å². The number of pyridine rings is 1. The summed E-state index contributed by atoms with van der Waals surface area (Å²) in [7, 11) is 0. The first-order chi connectivity index (χ1) is 14.7. The fourth-order valence-corrected chi connectivity index (χ4v) is 4.20. The van der Waals surface area contributed by atoms with E-state index in [0.717, 1.165) is 38.6 Å². The highest BCUT2D eigenvalue weighted by molar-refractivity contribution is 7.99. The van der Waals surface area contributed by atoms with Gasteiger partial charge in [-0.2, -0.15) is 0 Å². The predicted octanol–water partition coefficient (Wildman–Crippen LogP) is 3.45. The third-order valence-corrected chi connectivity index (χ3v) is 5.98. The average Bonchev–Trinajstić information content (AvgIpc) is 3.23. The molecule has 0 fully saturated rings. The summed E-state index contributed by atoms with van der Waals surface area (Å²) in [6.45, 7) is 3.76. The minimum atomic E-state index is -0.0545. The molecule has 0 saturated heterocycles. The van der Waals surface area contributed by atoms with E-state index in [1.807, 2.05) is 37.3 Å². The van der Waals surface area contributed by atoms with E-state index in [0.29, 0.717) is 31.3 Å². The molecule has 0 unspecified atom stereocenters. The van der Waals surface area contributed by atoms with Crippen LogP contribution in [-0.2, 0) is 11.3 Å². The van der Waals surface area contributed by atoms with Crippen LogP contribution in [0.1, 0.15) is 11.1 Å². The van der Waals surface area contributed by atoms with Gasteiger partial charge in [-0.15, -0.1) is 0 Å². The van der Waals surface area contributed by atoms with Crippen LogP contribution in [0.5, 0.6) is 23.0 Å². The van der Waals surface area contributed by atoms with Gasteiger partial charge in [0.2, 0.25) is 12.7 Å². The molecule has 0 bridgehead atoms. The average molecular weight is 424 g/mol. The molecule has 30 heavy (non-hydrogen) atoms. The van der Waals surface area contributed by atoms with Crippen molar-refractivity contribution < 1.29 is 23.7 Å². The van der Waals surface area contributed by atoms with Gasteiger partial charge in [0.25, 0.3) is 0 Å². The maximum Gasteiger partial charge on any atom is 0.231 e. The number of aryl methyl sites for hydroxylation is 1. The topological polar surface area (TPSA) is 78.9 Å². The maximum absolute atomic E-state index is 12.3.